The minimum Gasteiger partial charge on any atom is -0.744 e. The van der Waals surface area contributed by atoms with E-state index in [9.17, 15) is 23.1 Å². The quantitative estimate of drug-likeness (QED) is 0.266. The Hall–Kier alpha value is -2.43. The van der Waals surface area contributed by atoms with Gasteiger partial charge in [-0.05, 0) is 48.9 Å². The summed E-state index contributed by atoms with van der Waals surface area (Å²) in [6.45, 7) is 1.73. The molecule has 0 amide bonds. The van der Waals surface area contributed by atoms with Gasteiger partial charge in [-0.2, -0.15) is 0 Å². The van der Waals surface area contributed by atoms with Crippen LogP contribution in [0.3, 0.4) is 0 Å². The molecule has 0 fully saturated rings. The number of hydrogen-bond donors (Lipinski definition) is 2. The molecule has 0 aliphatic heterocycles. The van der Waals surface area contributed by atoms with Crippen LogP contribution in [0.2, 0.25) is 0 Å². The molecule has 0 heterocycles. The average molecular weight is 421 g/mol. The zero-order valence-electron chi connectivity index (χ0n) is 15.7. The van der Waals surface area contributed by atoms with Crippen molar-refractivity contribution in [2.45, 2.75) is 11.8 Å². The van der Waals surface area contributed by atoms with Crippen LogP contribution in [-0.4, -0.2) is 17.9 Å². The zero-order chi connectivity index (χ0) is 20.3. The Morgan fingerprint density at radius 2 is 1.48 bits per heavy atom. The van der Waals surface area contributed by atoms with Crippen molar-refractivity contribution in [3.63, 3.8) is 0 Å². The molecule has 0 saturated heterocycles. The van der Waals surface area contributed by atoms with Crippen LogP contribution in [0.5, 0.6) is 0 Å². The maximum absolute atomic E-state index is 11.7. The second-order valence-electron chi connectivity index (χ2n) is 6.06. The second kappa shape index (κ2) is 9.38. The number of nitro groups is 1. The van der Waals surface area contributed by atoms with Gasteiger partial charge < -0.3 is 15.2 Å². The molecule has 29 heavy (non-hydrogen) atoms. The molecule has 10 heteroatoms. The molecule has 0 aliphatic rings. The predicted molar refractivity (Wildman–Crippen MR) is 105 cm³/mol. The minimum absolute atomic E-state index is 0. The first-order valence-electron chi connectivity index (χ1n) is 8.18. The smallest absolute Gasteiger partial charge is 0.744 e. The monoisotopic (exact) mass is 421 g/mol. The Labute approximate surface area is 190 Å². The van der Waals surface area contributed by atoms with Crippen LogP contribution >= 0.6 is 0 Å². The van der Waals surface area contributed by atoms with Gasteiger partial charge >= 0.3 is 29.6 Å². The summed E-state index contributed by atoms with van der Waals surface area (Å²) in [4.78, 5) is 10.3. The predicted octanol–water partition coefficient (Wildman–Crippen LogP) is 1.30. The number of anilines is 4. The summed E-state index contributed by atoms with van der Waals surface area (Å²) in [5, 5.41) is 17.0. The maximum atomic E-state index is 11.7. The van der Waals surface area contributed by atoms with Crippen molar-refractivity contribution in [2.75, 3.05) is 10.6 Å². The molecule has 3 rings (SSSR count). The van der Waals surface area contributed by atoms with E-state index in [1.54, 1.807) is 43.3 Å². The topological polar surface area (TPSA) is 124 Å². The van der Waals surface area contributed by atoms with E-state index >= 15 is 0 Å². The van der Waals surface area contributed by atoms with E-state index in [4.69, 9.17) is 0 Å². The van der Waals surface area contributed by atoms with Crippen LogP contribution in [0.15, 0.2) is 71.6 Å². The first kappa shape index (κ1) is 22.9. The summed E-state index contributed by atoms with van der Waals surface area (Å²) >= 11 is 0. The molecule has 2 N–H and O–H groups in total. The van der Waals surface area contributed by atoms with Gasteiger partial charge in [0.25, 0.3) is 5.69 Å². The Morgan fingerprint density at radius 1 is 0.862 bits per heavy atom. The van der Waals surface area contributed by atoms with Gasteiger partial charge in [-0.1, -0.05) is 24.3 Å². The number of benzene rings is 3. The van der Waals surface area contributed by atoms with Crippen molar-refractivity contribution < 1.29 is 47.5 Å². The van der Waals surface area contributed by atoms with Crippen LogP contribution in [0.25, 0.3) is 0 Å². The third kappa shape index (κ3) is 5.78. The minimum atomic E-state index is -4.79. The fourth-order valence-corrected chi connectivity index (χ4v) is 3.30. The van der Waals surface area contributed by atoms with Gasteiger partial charge in [0.1, 0.15) is 15.8 Å². The fourth-order valence-electron chi connectivity index (χ4n) is 2.64. The molecule has 0 saturated carbocycles. The number of hydrogen-bond acceptors (Lipinski definition) is 7. The largest absolute Gasteiger partial charge is 1.00 e. The molecule has 144 valence electrons. The molecule has 0 radical (unpaired) electrons. The normalized spacial score (nSPS) is 10.7. The molecule has 0 unspecified atom stereocenters. The van der Waals surface area contributed by atoms with Gasteiger partial charge in [0.15, 0.2) is 0 Å². The summed E-state index contributed by atoms with van der Waals surface area (Å²) in [5.74, 6) is 0. The Morgan fingerprint density at radius 3 is 2.10 bits per heavy atom. The average Bonchev–Trinajstić information content (AvgIpc) is 2.64. The van der Waals surface area contributed by atoms with Crippen LogP contribution in [-0.2, 0) is 10.1 Å². The third-order valence-corrected chi connectivity index (χ3v) is 4.81. The molecule has 8 nitrogen and oxygen atoms in total. The Kier molecular flexibility index (Phi) is 7.39. The first-order chi connectivity index (χ1) is 13.2. The van der Waals surface area contributed by atoms with Gasteiger partial charge in [0.05, 0.1) is 15.5 Å². The van der Waals surface area contributed by atoms with Gasteiger partial charge in [0.2, 0.25) is 0 Å². The van der Waals surface area contributed by atoms with Gasteiger partial charge in [-0.3, -0.25) is 10.1 Å². The number of aryl methyl sites for hydroxylation is 1. The maximum Gasteiger partial charge on any atom is 1.00 e. The molecule has 0 atom stereocenters. The number of nitrogens with one attached hydrogen (secondary N) is 2. The van der Waals surface area contributed by atoms with Crippen molar-refractivity contribution in [2.24, 2.45) is 0 Å². The number of para-hydroxylation sites is 1. The van der Waals surface area contributed by atoms with E-state index in [-0.39, 0.29) is 52.3 Å². The molecule has 0 bridgehead atoms. The first-order valence-corrected chi connectivity index (χ1v) is 9.59. The van der Waals surface area contributed by atoms with Crippen molar-refractivity contribution in [1.29, 1.82) is 0 Å². The summed E-state index contributed by atoms with van der Waals surface area (Å²) in [6, 6.07) is 17.5. The van der Waals surface area contributed by atoms with E-state index in [0.717, 1.165) is 6.07 Å². The molecule has 0 aliphatic carbocycles. The van der Waals surface area contributed by atoms with Crippen LogP contribution in [0.1, 0.15) is 5.56 Å². The van der Waals surface area contributed by atoms with E-state index in [1.165, 1.54) is 24.3 Å². The number of nitrogens with zero attached hydrogens (tertiary/aromatic N) is 1. The summed E-state index contributed by atoms with van der Waals surface area (Å²) < 4.78 is 35.2. The Bertz CT molecular complexity index is 1140. The van der Waals surface area contributed by atoms with E-state index in [1.807, 2.05) is 0 Å². The summed E-state index contributed by atoms with van der Waals surface area (Å²) in [6.07, 6.45) is 0. The van der Waals surface area contributed by atoms with E-state index < -0.39 is 19.9 Å². The molecule has 0 aromatic heterocycles. The van der Waals surface area contributed by atoms with Crippen molar-refractivity contribution in [1.82, 2.24) is 0 Å². The van der Waals surface area contributed by atoms with E-state index in [2.05, 4.69) is 10.6 Å². The van der Waals surface area contributed by atoms with Crippen molar-refractivity contribution in [3.05, 3.63) is 82.4 Å². The molecular formula is C19H16N3NaO5S. The fraction of sp³-hybridized carbons (Fsp3) is 0.0526. The van der Waals surface area contributed by atoms with Gasteiger partial charge in [0, 0.05) is 17.4 Å². The van der Waals surface area contributed by atoms with Crippen LogP contribution < -0.4 is 40.2 Å². The Balaban J connectivity index is 0.00000300. The summed E-state index contributed by atoms with van der Waals surface area (Å²) in [5.41, 5.74) is 1.71. The van der Waals surface area contributed by atoms with Crippen LogP contribution in [0, 0.1) is 17.0 Å². The van der Waals surface area contributed by atoms with Gasteiger partial charge in [-0.25, -0.2) is 8.42 Å². The molecule has 3 aromatic carbocycles. The second-order valence-corrected chi connectivity index (χ2v) is 7.41. The third-order valence-electron chi connectivity index (χ3n) is 3.93. The van der Waals surface area contributed by atoms with Gasteiger partial charge in [-0.15, -0.1) is 0 Å². The SMILES string of the molecule is Cc1ccc(Nc2ccc(Nc3ccccc3)c(S(=O)(=O)[O-])c2)c([N+](=O)[O-])c1.[Na+]. The molecule has 0 spiro atoms. The number of nitro benzene ring substituents is 1. The van der Waals surface area contributed by atoms with E-state index in [0.29, 0.717) is 11.3 Å². The molecule has 3 aromatic rings. The van der Waals surface area contributed by atoms with Crippen LogP contribution in [0.4, 0.5) is 28.4 Å². The standard InChI is InChI=1S/C19H17N3O5S.Na/c1-13-7-9-16(18(11-13)22(23)24)21-15-8-10-17(19(12-15)28(25,26)27)20-14-5-3-2-4-6-14;/h2-12,20-21H,1H3,(H,25,26,27);/q;+1/p-1. The molecular weight excluding hydrogens is 405 g/mol. The van der Waals surface area contributed by atoms with Crippen molar-refractivity contribution in [3.8, 4) is 0 Å². The number of rotatable bonds is 6. The van der Waals surface area contributed by atoms with Crippen molar-refractivity contribution >= 4 is 38.6 Å². The summed E-state index contributed by atoms with van der Waals surface area (Å²) in [7, 11) is -4.79. The zero-order valence-corrected chi connectivity index (χ0v) is 18.6.